The van der Waals surface area contributed by atoms with Crippen molar-refractivity contribution in [3.05, 3.63) is 57.8 Å². The standard InChI is InChI=1S/C16H14BrFO3/c1-10-3-5-12(8-14(10)18)21-9-15(19)11-4-6-16(20-2)13(17)7-11/h3-8H,9H2,1-2H3. The quantitative estimate of drug-likeness (QED) is 0.757. The van der Waals surface area contributed by atoms with Gasteiger partial charge in [0.2, 0.25) is 0 Å². The molecule has 0 aliphatic carbocycles. The summed E-state index contributed by atoms with van der Waals surface area (Å²) in [5, 5.41) is 0. The van der Waals surface area contributed by atoms with Gasteiger partial charge in [-0.2, -0.15) is 0 Å². The monoisotopic (exact) mass is 352 g/mol. The van der Waals surface area contributed by atoms with Gasteiger partial charge in [-0.25, -0.2) is 4.39 Å². The third-order valence-electron chi connectivity index (χ3n) is 2.99. The van der Waals surface area contributed by atoms with Crippen molar-refractivity contribution < 1.29 is 18.7 Å². The first kappa shape index (κ1) is 15.5. The van der Waals surface area contributed by atoms with Crippen LogP contribution in [-0.4, -0.2) is 19.5 Å². The van der Waals surface area contributed by atoms with Crippen molar-refractivity contribution in [1.82, 2.24) is 0 Å². The molecule has 0 saturated carbocycles. The van der Waals surface area contributed by atoms with Crippen molar-refractivity contribution in [2.24, 2.45) is 0 Å². The van der Waals surface area contributed by atoms with Crippen molar-refractivity contribution in [3.8, 4) is 11.5 Å². The summed E-state index contributed by atoms with van der Waals surface area (Å²) in [4.78, 5) is 12.0. The van der Waals surface area contributed by atoms with E-state index in [1.165, 1.54) is 6.07 Å². The third kappa shape index (κ3) is 3.82. The Morgan fingerprint density at radius 3 is 2.62 bits per heavy atom. The maximum Gasteiger partial charge on any atom is 0.200 e. The number of ether oxygens (including phenoxy) is 2. The number of ketones is 1. The van der Waals surface area contributed by atoms with Crippen LogP contribution in [0.4, 0.5) is 4.39 Å². The van der Waals surface area contributed by atoms with E-state index >= 15 is 0 Å². The van der Waals surface area contributed by atoms with Crippen molar-refractivity contribution in [1.29, 1.82) is 0 Å². The average Bonchev–Trinajstić information content (AvgIpc) is 2.48. The van der Waals surface area contributed by atoms with Gasteiger partial charge in [0.25, 0.3) is 0 Å². The first-order valence-electron chi connectivity index (χ1n) is 6.27. The summed E-state index contributed by atoms with van der Waals surface area (Å²) in [5.74, 6) is 0.429. The lowest BCUT2D eigenvalue weighted by Gasteiger charge is -2.08. The number of carbonyl (C=O) groups excluding carboxylic acids is 1. The van der Waals surface area contributed by atoms with E-state index in [1.54, 1.807) is 44.4 Å². The molecule has 0 radical (unpaired) electrons. The molecule has 0 aliphatic heterocycles. The fraction of sp³-hybridized carbons (Fsp3) is 0.188. The molecular weight excluding hydrogens is 339 g/mol. The Morgan fingerprint density at radius 2 is 2.00 bits per heavy atom. The summed E-state index contributed by atoms with van der Waals surface area (Å²) < 4.78 is 24.5. The third-order valence-corrected chi connectivity index (χ3v) is 3.61. The van der Waals surface area contributed by atoms with Crippen LogP contribution < -0.4 is 9.47 Å². The van der Waals surface area contributed by atoms with Gasteiger partial charge in [-0.05, 0) is 52.7 Å². The van der Waals surface area contributed by atoms with Crippen LogP contribution in [0.3, 0.4) is 0 Å². The van der Waals surface area contributed by atoms with E-state index in [0.717, 1.165) is 0 Å². The molecule has 3 nitrogen and oxygen atoms in total. The Morgan fingerprint density at radius 1 is 1.24 bits per heavy atom. The van der Waals surface area contributed by atoms with Crippen LogP contribution in [0.1, 0.15) is 15.9 Å². The Bertz CT molecular complexity index is 671. The van der Waals surface area contributed by atoms with E-state index in [2.05, 4.69) is 15.9 Å². The fourth-order valence-electron chi connectivity index (χ4n) is 1.74. The molecule has 21 heavy (non-hydrogen) atoms. The van der Waals surface area contributed by atoms with E-state index in [-0.39, 0.29) is 18.2 Å². The number of benzene rings is 2. The van der Waals surface area contributed by atoms with E-state index < -0.39 is 0 Å². The maximum absolute atomic E-state index is 13.4. The van der Waals surface area contributed by atoms with Gasteiger partial charge in [0.1, 0.15) is 17.3 Å². The molecule has 0 saturated heterocycles. The maximum atomic E-state index is 13.4. The number of aryl methyl sites for hydroxylation is 1. The van der Waals surface area contributed by atoms with Gasteiger partial charge in [-0.3, -0.25) is 4.79 Å². The van der Waals surface area contributed by atoms with Crippen molar-refractivity contribution >= 4 is 21.7 Å². The van der Waals surface area contributed by atoms with Gasteiger partial charge < -0.3 is 9.47 Å². The van der Waals surface area contributed by atoms with Gasteiger partial charge >= 0.3 is 0 Å². The van der Waals surface area contributed by atoms with Gasteiger partial charge in [-0.1, -0.05) is 6.07 Å². The Hall–Kier alpha value is -1.88. The first-order chi connectivity index (χ1) is 10.0. The molecule has 0 aliphatic rings. The predicted octanol–water partition coefficient (Wildman–Crippen LogP) is 4.17. The summed E-state index contributed by atoms with van der Waals surface area (Å²) >= 11 is 3.32. The molecule has 0 amide bonds. The lowest BCUT2D eigenvalue weighted by Crippen LogP contribution is -2.11. The number of rotatable bonds is 5. The van der Waals surface area contributed by atoms with Gasteiger partial charge in [0.05, 0.1) is 11.6 Å². The van der Waals surface area contributed by atoms with E-state index in [4.69, 9.17) is 9.47 Å². The summed E-state index contributed by atoms with van der Waals surface area (Å²) in [5.41, 5.74) is 1.03. The van der Waals surface area contributed by atoms with Crippen molar-refractivity contribution in [2.45, 2.75) is 6.92 Å². The smallest absolute Gasteiger partial charge is 0.200 e. The number of methoxy groups -OCH3 is 1. The summed E-state index contributed by atoms with van der Waals surface area (Å²) in [6.45, 7) is 1.51. The van der Waals surface area contributed by atoms with Crippen LogP contribution in [0, 0.1) is 12.7 Å². The largest absolute Gasteiger partial charge is 0.496 e. The summed E-state index contributed by atoms with van der Waals surface area (Å²) in [7, 11) is 1.55. The van der Waals surface area contributed by atoms with Crippen LogP contribution in [-0.2, 0) is 0 Å². The highest BCUT2D eigenvalue weighted by molar-refractivity contribution is 9.10. The Kier molecular flexibility index (Phi) is 4.96. The molecular formula is C16H14BrFO3. The van der Waals surface area contributed by atoms with E-state index in [0.29, 0.717) is 27.1 Å². The second-order valence-electron chi connectivity index (χ2n) is 4.47. The Balaban J connectivity index is 2.04. The van der Waals surface area contributed by atoms with Gasteiger partial charge in [0.15, 0.2) is 12.4 Å². The highest BCUT2D eigenvalue weighted by Crippen LogP contribution is 2.25. The summed E-state index contributed by atoms with van der Waals surface area (Å²) in [6.07, 6.45) is 0. The Labute approximate surface area is 130 Å². The number of halogens is 2. The van der Waals surface area contributed by atoms with E-state index in [1.807, 2.05) is 0 Å². The molecule has 0 aromatic heterocycles. The second-order valence-corrected chi connectivity index (χ2v) is 5.33. The molecule has 0 bridgehead atoms. The summed E-state index contributed by atoms with van der Waals surface area (Å²) in [6, 6.07) is 9.54. The fourth-order valence-corrected chi connectivity index (χ4v) is 2.28. The zero-order valence-corrected chi connectivity index (χ0v) is 13.2. The van der Waals surface area contributed by atoms with Crippen molar-refractivity contribution in [3.63, 3.8) is 0 Å². The average molecular weight is 353 g/mol. The number of hydrogen-bond donors (Lipinski definition) is 0. The van der Waals surface area contributed by atoms with Crippen LogP contribution >= 0.6 is 15.9 Å². The minimum absolute atomic E-state index is 0.152. The minimum Gasteiger partial charge on any atom is -0.496 e. The van der Waals surface area contributed by atoms with Crippen LogP contribution in [0.15, 0.2) is 40.9 Å². The molecule has 0 heterocycles. The lowest BCUT2D eigenvalue weighted by atomic mass is 10.1. The number of Topliss-reactive ketones (excluding diaryl/α,β-unsaturated/α-hetero) is 1. The number of hydrogen-bond acceptors (Lipinski definition) is 3. The topological polar surface area (TPSA) is 35.5 Å². The van der Waals surface area contributed by atoms with E-state index in [9.17, 15) is 9.18 Å². The van der Waals surface area contributed by atoms with Crippen LogP contribution in [0.25, 0.3) is 0 Å². The highest BCUT2D eigenvalue weighted by Gasteiger charge is 2.10. The normalized spacial score (nSPS) is 10.3. The SMILES string of the molecule is COc1ccc(C(=O)COc2ccc(C)c(F)c2)cc1Br. The molecule has 2 aromatic rings. The zero-order valence-electron chi connectivity index (χ0n) is 11.7. The molecule has 0 unspecified atom stereocenters. The lowest BCUT2D eigenvalue weighted by molar-refractivity contribution is 0.0921. The molecule has 0 N–H and O–H groups in total. The number of carbonyl (C=O) groups is 1. The van der Waals surface area contributed by atoms with Gasteiger partial charge in [0, 0.05) is 11.6 Å². The first-order valence-corrected chi connectivity index (χ1v) is 7.06. The predicted molar refractivity (Wildman–Crippen MR) is 81.7 cm³/mol. The highest BCUT2D eigenvalue weighted by atomic mass is 79.9. The minimum atomic E-state index is -0.354. The van der Waals surface area contributed by atoms with Gasteiger partial charge in [-0.15, -0.1) is 0 Å². The molecule has 110 valence electrons. The van der Waals surface area contributed by atoms with Crippen molar-refractivity contribution in [2.75, 3.05) is 13.7 Å². The van der Waals surface area contributed by atoms with Crippen LogP contribution in [0.5, 0.6) is 11.5 Å². The molecule has 2 rings (SSSR count). The molecule has 5 heteroatoms. The molecule has 0 fully saturated rings. The van der Waals surface area contributed by atoms with Crippen LogP contribution in [0.2, 0.25) is 0 Å². The second kappa shape index (κ2) is 6.72. The molecule has 2 aromatic carbocycles. The molecule has 0 atom stereocenters. The molecule has 0 spiro atoms. The zero-order chi connectivity index (χ0) is 15.4.